The van der Waals surface area contributed by atoms with Crippen molar-refractivity contribution in [2.45, 2.75) is 12.6 Å². The van der Waals surface area contributed by atoms with Gasteiger partial charge in [-0.15, -0.1) is 0 Å². The molecule has 1 aromatic rings. The first-order chi connectivity index (χ1) is 12.3. The second-order valence-corrected chi connectivity index (χ2v) is 6.04. The number of hydrogen-bond donors (Lipinski definition) is 1. The van der Waals surface area contributed by atoms with Gasteiger partial charge in [0.25, 0.3) is 0 Å². The van der Waals surface area contributed by atoms with Crippen molar-refractivity contribution in [1.82, 2.24) is 9.80 Å². The van der Waals surface area contributed by atoms with Gasteiger partial charge in [0, 0.05) is 32.7 Å². The predicted octanol–water partition coefficient (Wildman–Crippen LogP) is 1.82. The van der Waals surface area contributed by atoms with Crippen LogP contribution in [-0.4, -0.2) is 68.1 Å². The highest BCUT2D eigenvalue weighted by atomic mass is 19.4. The topological polar surface area (TPSA) is 61.9 Å². The molecule has 6 nitrogen and oxygen atoms in total. The maximum Gasteiger partial charge on any atom is 0.418 e. The summed E-state index contributed by atoms with van der Waals surface area (Å²) >= 11 is 0. The van der Waals surface area contributed by atoms with Crippen LogP contribution in [0.1, 0.15) is 12.0 Å². The zero-order valence-corrected chi connectivity index (χ0v) is 14.5. The van der Waals surface area contributed by atoms with Gasteiger partial charge >= 0.3 is 12.1 Å². The molecular formula is C17H22F3N3O3. The normalized spacial score (nSPS) is 16.3. The first-order valence-corrected chi connectivity index (χ1v) is 8.27. The summed E-state index contributed by atoms with van der Waals surface area (Å²) in [5.41, 5.74) is -1.09. The number of nitrogens with one attached hydrogen (secondary N) is 1. The van der Waals surface area contributed by atoms with Gasteiger partial charge in [-0.05, 0) is 12.1 Å². The number of amides is 1. The molecule has 0 atom stereocenters. The first-order valence-electron chi connectivity index (χ1n) is 8.27. The van der Waals surface area contributed by atoms with Gasteiger partial charge in [-0.25, -0.2) is 0 Å². The lowest BCUT2D eigenvalue weighted by Gasteiger charge is -2.34. The molecule has 26 heavy (non-hydrogen) atoms. The SMILES string of the molecule is COC(=O)CCN1CCN(CC(=O)Nc2ccccc2C(F)(F)F)CC1. The fraction of sp³-hybridized carbons (Fsp3) is 0.529. The van der Waals surface area contributed by atoms with Crippen molar-refractivity contribution in [2.24, 2.45) is 0 Å². The summed E-state index contributed by atoms with van der Waals surface area (Å²) in [5, 5.41) is 2.35. The quantitative estimate of drug-likeness (QED) is 0.771. The van der Waals surface area contributed by atoms with Crippen LogP contribution in [0.15, 0.2) is 24.3 Å². The van der Waals surface area contributed by atoms with Gasteiger partial charge < -0.3 is 15.0 Å². The standard InChI is InChI=1S/C17H22F3N3O3/c1-26-16(25)6-7-22-8-10-23(11-9-22)12-15(24)21-14-5-3-2-4-13(14)17(18,19)20/h2-5H,6-12H2,1H3,(H,21,24). The summed E-state index contributed by atoms with van der Waals surface area (Å²) in [7, 11) is 1.34. The van der Waals surface area contributed by atoms with Crippen molar-refractivity contribution in [2.75, 3.05) is 51.7 Å². The summed E-state index contributed by atoms with van der Waals surface area (Å²) in [5.74, 6) is -0.750. The Balaban J connectivity index is 1.81. The Labute approximate surface area is 149 Å². The van der Waals surface area contributed by atoms with E-state index in [-0.39, 0.29) is 18.2 Å². The van der Waals surface area contributed by atoms with Crippen LogP contribution in [0.5, 0.6) is 0 Å². The van der Waals surface area contributed by atoms with Crippen LogP contribution < -0.4 is 5.32 Å². The van der Waals surface area contributed by atoms with Crippen LogP contribution in [0, 0.1) is 0 Å². The summed E-state index contributed by atoms with van der Waals surface area (Å²) in [6.45, 7) is 3.19. The van der Waals surface area contributed by atoms with Crippen LogP contribution in [0.3, 0.4) is 0 Å². The number of piperazine rings is 1. The van der Waals surface area contributed by atoms with E-state index >= 15 is 0 Å². The maximum atomic E-state index is 13.0. The second kappa shape index (κ2) is 9.00. The van der Waals surface area contributed by atoms with E-state index in [4.69, 9.17) is 0 Å². The predicted molar refractivity (Wildman–Crippen MR) is 89.6 cm³/mol. The van der Waals surface area contributed by atoms with Crippen LogP contribution in [0.4, 0.5) is 18.9 Å². The van der Waals surface area contributed by atoms with Crippen molar-refractivity contribution in [3.8, 4) is 0 Å². The molecule has 0 spiro atoms. The molecule has 1 fully saturated rings. The fourth-order valence-electron chi connectivity index (χ4n) is 2.75. The average Bonchev–Trinajstić information content (AvgIpc) is 2.60. The summed E-state index contributed by atoms with van der Waals surface area (Å²) in [4.78, 5) is 27.2. The van der Waals surface area contributed by atoms with E-state index in [0.29, 0.717) is 39.1 Å². The number of para-hydroxylation sites is 1. The Morgan fingerprint density at radius 2 is 1.73 bits per heavy atom. The van der Waals surface area contributed by atoms with Gasteiger partial charge in [0.1, 0.15) is 0 Å². The number of nitrogens with zero attached hydrogens (tertiary/aromatic N) is 2. The van der Waals surface area contributed by atoms with E-state index in [2.05, 4.69) is 15.0 Å². The molecule has 0 radical (unpaired) electrons. The Kier molecular flexibility index (Phi) is 6.98. The first kappa shape index (κ1) is 20.2. The molecular weight excluding hydrogens is 351 g/mol. The van der Waals surface area contributed by atoms with E-state index in [1.807, 2.05) is 4.90 Å². The van der Waals surface area contributed by atoms with Crippen LogP contribution >= 0.6 is 0 Å². The minimum Gasteiger partial charge on any atom is -0.469 e. The lowest BCUT2D eigenvalue weighted by atomic mass is 10.1. The largest absolute Gasteiger partial charge is 0.469 e. The zero-order valence-electron chi connectivity index (χ0n) is 14.5. The summed E-state index contributed by atoms with van der Waals surface area (Å²) < 4.78 is 43.5. The number of rotatable bonds is 6. The number of methoxy groups -OCH3 is 1. The Morgan fingerprint density at radius 1 is 1.12 bits per heavy atom. The van der Waals surface area contributed by atoms with E-state index in [9.17, 15) is 22.8 Å². The third-order valence-electron chi connectivity index (χ3n) is 4.20. The molecule has 0 aromatic heterocycles. The molecule has 1 aromatic carbocycles. The fourth-order valence-corrected chi connectivity index (χ4v) is 2.75. The minimum atomic E-state index is -4.52. The Hall–Kier alpha value is -2.13. The molecule has 1 heterocycles. The van der Waals surface area contributed by atoms with E-state index in [1.165, 1.54) is 25.3 Å². The highest BCUT2D eigenvalue weighted by Crippen LogP contribution is 2.34. The molecule has 1 aliphatic heterocycles. The molecule has 1 N–H and O–H groups in total. The molecule has 0 bridgehead atoms. The van der Waals surface area contributed by atoms with Gasteiger partial charge in [-0.1, -0.05) is 12.1 Å². The summed E-state index contributed by atoms with van der Waals surface area (Å²) in [6, 6.07) is 4.91. The zero-order chi connectivity index (χ0) is 19.2. The Morgan fingerprint density at radius 3 is 2.35 bits per heavy atom. The number of esters is 1. The molecule has 1 saturated heterocycles. The van der Waals surface area contributed by atoms with Gasteiger partial charge in [-0.2, -0.15) is 13.2 Å². The second-order valence-electron chi connectivity index (χ2n) is 6.04. The van der Waals surface area contributed by atoms with E-state index in [1.54, 1.807) is 0 Å². The van der Waals surface area contributed by atoms with E-state index < -0.39 is 17.6 Å². The smallest absolute Gasteiger partial charge is 0.418 e. The third-order valence-corrected chi connectivity index (χ3v) is 4.20. The third kappa shape index (κ3) is 5.99. The van der Waals surface area contributed by atoms with E-state index in [0.717, 1.165) is 6.07 Å². The molecule has 1 aliphatic rings. The van der Waals surface area contributed by atoms with Gasteiger partial charge in [-0.3, -0.25) is 14.5 Å². The highest BCUT2D eigenvalue weighted by molar-refractivity contribution is 5.93. The van der Waals surface area contributed by atoms with Crippen molar-refractivity contribution in [3.05, 3.63) is 29.8 Å². The molecule has 9 heteroatoms. The number of hydrogen-bond acceptors (Lipinski definition) is 5. The number of ether oxygens (including phenoxy) is 1. The maximum absolute atomic E-state index is 13.0. The van der Waals surface area contributed by atoms with Crippen LogP contribution in [0.25, 0.3) is 0 Å². The number of alkyl halides is 3. The van der Waals surface area contributed by atoms with Crippen molar-refractivity contribution >= 4 is 17.6 Å². The lowest BCUT2D eigenvalue weighted by Crippen LogP contribution is -2.49. The van der Waals surface area contributed by atoms with Crippen LogP contribution in [-0.2, 0) is 20.5 Å². The summed E-state index contributed by atoms with van der Waals surface area (Å²) in [6.07, 6.45) is -4.21. The lowest BCUT2D eigenvalue weighted by molar-refractivity contribution is -0.141. The molecule has 2 rings (SSSR count). The molecule has 0 saturated carbocycles. The van der Waals surface area contributed by atoms with Gasteiger partial charge in [0.2, 0.25) is 5.91 Å². The van der Waals surface area contributed by atoms with Gasteiger partial charge in [0.15, 0.2) is 0 Å². The highest BCUT2D eigenvalue weighted by Gasteiger charge is 2.33. The number of carbonyl (C=O) groups is 2. The minimum absolute atomic E-state index is 0.0248. The van der Waals surface area contributed by atoms with Crippen molar-refractivity contribution in [3.63, 3.8) is 0 Å². The number of anilines is 1. The molecule has 1 amide bonds. The van der Waals surface area contributed by atoms with Gasteiger partial charge in [0.05, 0.1) is 31.3 Å². The monoisotopic (exact) mass is 373 g/mol. The molecule has 0 unspecified atom stereocenters. The van der Waals surface area contributed by atoms with Crippen molar-refractivity contribution < 1.29 is 27.5 Å². The molecule has 0 aliphatic carbocycles. The number of benzene rings is 1. The molecule has 144 valence electrons. The van der Waals surface area contributed by atoms with Crippen molar-refractivity contribution in [1.29, 1.82) is 0 Å². The number of carbonyl (C=O) groups excluding carboxylic acids is 2. The number of halogens is 3. The van der Waals surface area contributed by atoms with Crippen LogP contribution in [0.2, 0.25) is 0 Å². The average molecular weight is 373 g/mol. The Bertz CT molecular complexity index is 629.